The van der Waals surface area contributed by atoms with Crippen molar-refractivity contribution in [2.24, 2.45) is 0 Å². The van der Waals surface area contributed by atoms with Crippen LogP contribution in [0.2, 0.25) is 0 Å². The van der Waals surface area contributed by atoms with Gasteiger partial charge in [0.1, 0.15) is 12.4 Å². The number of benzene rings is 2. The molecule has 3 aromatic rings. The topological polar surface area (TPSA) is 35.5 Å². The Labute approximate surface area is 174 Å². The maximum absolute atomic E-state index is 13.8. The van der Waals surface area contributed by atoms with E-state index in [9.17, 15) is 9.18 Å². The zero-order chi connectivity index (χ0) is 20.6. The van der Waals surface area contributed by atoms with Crippen LogP contribution in [0.3, 0.4) is 0 Å². The SMILES string of the molecule is CCCc1ccc(C(=O)/C=C/c2ccc(OC)c(COc3ccccc3F)c2)s1. The van der Waals surface area contributed by atoms with E-state index in [-0.39, 0.29) is 18.1 Å². The standard InChI is InChI=1S/C24H23FO3S/c1-3-6-19-11-14-24(29-19)21(26)12-9-17-10-13-22(27-2)18(15-17)16-28-23-8-5-4-7-20(23)25/h4-5,7-15H,3,6,16H2,1-2H3/b12-9+. The number of allylic oxidation sites excluding steroid dienone is 1. The van der Waals surface area contributed by atoms with Gasteiger partial charge >= 0.3 is 0 Å². The first-order chi connectivity index (χ1) is 14.1. The van der Waals surface area contributed by atoms with E-state index in [1.807, 2.05) is 30.3 Å². The Morgan fingerprint density at radius 2 is 1.93 bits per heavy atom. The van der Waals surface area contributed by atoms with Crippen LogP contribution in [0.25, 0.3) is 6.08 Å². The molecule has 0 aliphatic carbocycles. The predicted molar refractivity (Wildman–Crippen MR) is 115 cm³/mol. The molecule has 3 nitrogen and oxygen atoms in total. The van der Waals surface area contributed by atoms with Gasteiger partial charge < -0.3 is 9.47 Å². The number of ketones is 1. The molecule has 1 heterocycles. The van der Waals surface area contributed by atoms with Gasteiger partial charge in [-0.1, -0.05) is 37.6 Å². The highest BCUT2D eigenvalue weighted by Crippen LogP contribution is 2.25. The van der Waals surface area contributed by atoms with Crippen LogP contribution in [0.15, 0.2) is 60.7 Å². The molecule has 5 heteroatoms. The molecular weight excluding hydrogens is 387 g/mol. The molecule has 0 radical (unpaired) electrons. The fraction of sp³-hybridized carbons (Fsp3) is 0.208. The minimum absolute atomic E-state index is 0.0164. The van der Waals surface area contributed by atoms with Crippen molar-refractivity contribution in [1.29, 1.82) is 0 Å². The van der Waals surface area contributed by atoms with Crippen molar-refractivity contribution in [3.8, 4) is 11.5 Å². The van der Waals surface area contributed by atoms with E-state index in [0.717, 1.165) is 28.8 Å². The number of hydrogen-bond donors (Lipinski definition) is 0. The van der Waals surface area contributed by atoms with Crippen molar-refractivity contribution in [1.82, 2.24) is 0 Å². The highest BCUT2D eigenvalue weighted by Gasteiger charge is 2.09. The second-order valence-corrected chi connectivity index (χ2v) is 7.67. The van der Waals surface area contributed by atoms with Gasteiger partial charge in [0, 0.05) is 10.4 Å². The molecule has 0 spiro atoms. The van der Waals surface area contributed by atoms with E-state index in [4.69, 9.17) is 9.47 Å². The molecule has 150 valence electrons. The molecule has 0 bridgehead atoms. The number of hydrogen-bond acceptors (Lipinski definition) is 4. The molecule has 29 heavy (non-hydrogen) atoms. The quantitative estimate of drug-likeness (QED) is 0.306. The highest BCUT2D eigenvalue weighted by atomic mass is 32.1. The molecule has 2 aromatic carbocycles. The Kier molecular flexibility index (Phi) is 7.19. The molecule has 3 rings (SSSR count). The summed E-state index contributed by atoms with van der Waals surface area (Å²) < 4.78 is 24.7. The fourth-order valence-electron chi connectivity index (χ4n) is 2.88. The van der Waals surface area contributed by atoms with Gasteiger partial charge in [0.15, 0.2) is 17.3 Å². The van der Waals surface area contributed by atoms with Gasteiger partial charge in [-0.25, -0.2) is 4.39 Å². The van der Waals surface area contributed by atoms with Crippen LogP contribution in [0.4, 0.5) is 4.39 Å². The van der Waals surface area contributed by atoms with E-state index < -0.39 is 5.82 Å². The van der Waals surface area contributed by atoms with Crippen LogP contribution < -0.4 is 9.47 Å². The Hall–Kier alpha value is -2.92. The molecule has 0 amide bonds. The molecule has 0 fully saturated rings. The van der Waals surface area contributed by atoms with Crippen molar-refractivity contribution >= 4 is 23.2 Å². The predicted octanol–water partition coefficient (Wildman–Crippen LogP) is 6.32. The average molecular weight is 411 g/mol. The van der Waals surface area contributed by atoms with Crippen molar-refractivity contribution in [2.75, 3.05) is 7.11 Å². The minimum Gasteiger partial charge on any atom is -0.496 e. The van der Waals surface area contributed by atoms with Crippen molar-refractivity contribution < 1.29 is 18.7 Å². The normalized spacial score (nSPS) is 11.0. The smallest absolute Gasteiger partial charge is 0.195 e. The van der Waals surface area contributed by atoms with Gasteiger partial charge in [0.25, 0.3) is 0 Å². The molecule has 0 N–H and O–H groups in total. The van der Waals surface area contributed by atoms with Gasteiger partial charge in [0.05, 0.1) is 12.0 Å². The zero-order valence-electron chi connectivity index (χ0n) is 16.5. The van der Waals surface area contributed by atoms with E-state index in [1.54, 1.807) is 48.8 Å². The molecule has 0 unspecified atom stereocenters. The highest BCUT2D eigenvalue weighted by molar-refractivity contribution is 7.14. The number of carbonyl (C=O) groups is 1. The lowest BCUT2D eigenvalue weighted by atomic mass is 10.1. The number of methoxy groups -OCH3 is 1. The lowest BCUT2D eigenvalue weighted by molar-refractivity contribution is 0.105. The summed E-state index contributed by atoms with van der Waals surface area (Å²) in [6.45, 7) is 2.28. The Morgan fingerprint density at radius 3 is 2.69 bits per heavy atom. The third-order valence-corrected chi connectivity index (χ3v) is 5.51. The van der Waals surface area contributed by atoms with Gasteiger partial charge in [-0.3, -0.25) is 4.79 Å². The third kappa shape index (κ3) is 5.55. The van der Waals surface area contributed by atoms with Gasteiger partial charge in [-0.2, -0.15) is 0 Å². The van der Waals surface area contributed by atoms with Crippen molar-refractivity contribution in [3.63, 3.8) is 0 Å². The Morgan fingerprint density at radius 1 is 1.10 bits per heavy atom. The van der Waals surface area contributed by atoms with Crippen LogP contribution in [0.5, 0.6) is 11.5 Å². The monoisotopic (exact) mass is 410 g/mol. The van der Waals surface area contributed by atoms with Crippen LogP contribution in [0.1, 0.15) is 39.0 Å². The molecule has 0 atom stereocenters. The van der Waals surface area contributed by atoms with Gasteiger partial charge in [-0.15, -0.1) is 11.3 Å². The average Bonchev–Trinajstić information content (AvgIpc) is 3.20. The molecule has 0 saturated carbocycles. The summed E-state index contributed by atoms with van der Waals surface area (Å²) in [5.41, 5.74) is 1.61. The first-order valence-corrected chi connectivity index (χ1v) is 10.3. The van der Waals surface area contributed by atoms with Crippen LogP contribution >= 0.6 is 11.3 Å². The van der Waals surface area contributed by atoms with E-state index in [2.05, 4.69) is 6.92 Å². The maximum atomic E-state index is 13.8. The van der Waals surface area contributed by atoms with Gasteiger partial charge in [0.2, 0.25) is 0 Å². The number of aryl methyl sites for hydroxylation is 1. The number of rotatable bonds is 9. The summed E-state index contributed by atoms with van der Waals surface area (Å²) in [5, 5.41) is 0. The summed E-state index contributed by atoms with van der Waals surface area (Å²) in [5.74, 6) is 0.405. The maximum Gasteiger partial charge on any atom is 0.195 e. The molecule has 0 aliphatic heterocycles. The Balaban J connectivity index is 1.72. The van der Waals surface area contributed by atoms with Crippen LogP contribution in [-0.4, -0.2) is 12.9 Å². The van der Waals surface area contributed by atoms with E-state index >= 15 is 0 Å². The zero-order valence-corrected chi connectivity index (χ0v) is 17.3. The van der Waals surface area contributed by atoms with E-state index in [1.165, 1.54) is 10.9 Å². The minimum atomic E-state index is -0.411. The summed E-state index contributed by atoms with van der Waals surface area (Å²) in [6, 6.07) is 15.7. The number of thiophene rings is 1. The van der Waals surface area contributed by atoms with Gasteiger partial charge in [-0.05, 0) is 54.5 Å². The van der Waals surface area contributed by atoms with E-state index in [0.29, 0.717) is 5.75 Å². The summed E-state index contributed by atoms with van der Waals surface area (Å²) >= 11 is 1.54. The number of carbonyl (C=O) groups excluding carboxylic acids is 1. The number of halogens is 1. The van der Waals surface area contributed by atoms with Crippen molar-refractivity contribution in [3.05, 3.63) is 87.4 Å². The summed E-state index contributed by atoms with van der Waals surface area (Å²) in [4.78, 5) is 14.4. The summed E-state index contributed by atoms with van der Waals surface area (Å²) in [6.07, 6.45) is 5.40. The first kappa shape index (κ1) is 20.8. The third-order valence-electron chi connectivity index (χ3n) is 4.35. The van der Waals surface area contributed by atoms with Crippen LogP contribution in [0, 0.1) is 5.82 Å². The van der Waals surface area contributed by atoms with Crippen LogP contribution in [-0.2, 0) is 13.0 Å². The first-order valence-electron chi connectivity index (χ1n) is 9.46. The Bertz CT molecular complexity index is 1010. The molecular formula is C24H23FO3S. The fourth-order valence-corrected chi connectivity index (χ4v) is 3.91. The number of ether oxygens (including phenoxy) is 2. The second-order valence-electron chi connectivity index (χ2n) is 6.50. The lowest BCUT2D eigenvalue weighted by Gasteiger charge is -2.11. The molecule has 0 saturated heterocycles. The largest absolute Gasteiger partial charge is 0.496 e. The molecule has 1 aromatic heterocycles. The molecule has 0 aliphatic rings. The second kappa shape index (κ2) is 10.0. The van der Waals surface area contributed by atoms with Crippen molar-refractivity contribution in [2.45, 2.75) is 26.4 Å². The summed E-state index contributed by atoms with van der Waals surface area (Å²) in [7, 11) is 1.58. The lowest BCUT2D eigenvalue weighted by Crippen LogP contribution is -2.00. The number of para-hydroxylation sites is 1.